The van der Waals surface area contributed by atoms with E-state index in [2.05, 4.69) is 10.6 Å². The molecule has 6 nitrogen and oxygen atoms in total. The number of ether oxygens (including phenoxy) is 1. The molecule has 19 heavy (non-hydrogen) atoms. The molecule has 1 saturated carbocycles. The Bertz CT molecular complexity index is 325. The van der Waals surface area contributed by atoms with Gasteiger partial charge >= 0.3 is 12.0 Å². The van der Waals surface area contributed by atoms with Crippen LogP contribution in [0.25, 0.3) is 0 Å². The summed E-state index contributed by atoms with van der Waals surface area (Å²) in [4.78, 5) is 22.5. The molecule has 2 rings (SSSR count). The fourth-order valence-electron chi connectivity index (χ4n) is 2.45. The number of hydrogen-bond acceptors (Lipinski definition) is 3. The van der Waals surface area contributed by atoms with Crippen molar-refractivity contribution in [2.24, 2.45) is 11.8 Å². The van der Waals surface area contributed by atoms with Crippen molar-refractivity contribution in [2.75, 3.05) is 19.8 Å². The van der Waals surface area contributed by atoms with Gasteiger partial charge in [0.15, 0.2) is 0 Å². The van der Waals surface area contributed by atoms with Crippen molar-refractivity contribution >= 4 is 12.0 Å². The highest BCUT2D eigenvalue weighted by Gasteiger charge is 2.33. The fourth-order valence-corrected chi connectivity index (χ4v) is 2.45. The van der Waals surface area contributed by atoms with Crippen molar-refractivity contribution in [3.63, 3.8) is 0 Å². The third-order valence-corrected chi connectivity index (χ3v) is 3.71. The number of hydrogen-bond donors (Lipinski definition) is 3. The minimum atomic E-state index is -0.863. The van der Waals surface area contributed by atoms with Crippen LogP contribution in [0.1, 0.15) is 32.1 Å². The maximum absolute atomic E-state index is 11.8. The van der Waals surface area contributed by atoms with Crippen LogP contribution in [0.5, 0.6) is 0 Å². The van der Waals surface area contributed by atoms with Crippen LogP contribution < -0.4 is 10.6 Å². The molecule has 108 valence electrons. The molecule has 1 aliphatic carbocycles. The summed E-state index contributed by atoms with van der Waals surface area (Å²) in [5.74, 6) is -0.156. The monoisotopic (exact) mass is 270 g/mol. The first-order chi connectivity index (χ1) is 9.15. The summed E-state index contributed by atoms with van der Waals surface area (Å²) in [7, 11) is 0. The lowest BCUT2D eigenvalue weighted by molar-refractivity contribution is -0.137. The summed E-state index contributed by atoms with van der Waals surface area (Å²) < 4.78 is 5.35. The average Bonchev–Trinajstić information content (AvgIpc) is 3.20. The molecule has 0 aromatic rings. The molecule has 2 unspecified atom stereocenters. The Labute approximate surface area is 112 Å². The molecule has 2 fully saturated rings. The topological polar surface area (TPSA) is 87.7 Å². The van der Waals surface area contributed by atoms with Gasteiger partial charge in [0.25, 0.3) is 0 Å². The van der Waals surface area contributed by atoms with E-state index in [4.69, 9.17) is 9.84 Å². The molecule has 6 heteroatoms. The van der Waals surface area contributed by atoms with Gasteiger partial charge in [-0.15, -0.1) is 0 Å². The van der Waals surface area contributed by atoms with Crippen LogP contribution in [0.2, 0.25) is 0 Å². The van der Waals surface area contributed by atoms with E-state index in [9.17, 15) is 9.59 Å². The number of carbonyl (C=O) groups is 2. The first kappa shape index (κ1) is 14.1. The van der Waals surface area contributed by atoms with Gasteiger partial charge in [0.1, 0.15) is 0 Å². The van der Waals surface area contributed by atoms with E-state index in [-0.39, 0.29) is 18.5 Å². The third-order valence-electron chi connectivity index (χ3n) is 3.71. The third kappa shape index (κ3) is 5.06. The Morgan fingerprint density at radius 3 is 2.68 bits per heavy atom. The van der Waals surface area contributed by atoms with Crippen LogP contribution in [-0.4, -0.2) is 42.9 Å². The first-order valence-electron chi connectivity index (χ1n) is 6.99. The van der Waals surface area contributed by atoms with Gasteiger partial charge in [-0.05, 0) is 37.5 Å². The van der Waals surface area contributed by atoms with E-state index in [0.29, 0.717) is 25.0 Å². The van der Waals surface area contributed by atoms with Gasteiger partial charge in [0.05, 0.1) is 13.0 Å². The molecule has 2 amide bonds. The van der Waals surface area contributed by atoms with Gasteiger partial charge in [0.2, 0.25) is 0 Å². The lowest BCUT2D eigenvalue weighted by Gasteiger charge is -2.23. The van der Waals surface area contributed by atoms with Gasteiger partial charge in [-0.2, -0.15) is 0 Å². The minimum absolute atomic E-state index is 0.00459. The molecule has 1 aliphatic heterocycles. The van der Waals surface area contributed by atoms with E-state index in [1.807, 2.05) is 0 Å². The molecule has 0 aromatic heterocycles. The second kappa shape index (κ2) is 6.75. The summed E-state index contributed by atoms with van der Waals surface area (Å²) in [5, 5.41) is 14.4. The van der Waals surface area contributed by atoms with Crippen LogP contribution in [-0.2, 0) is 9.53 Å². The van der Waals surface area contributed by atoms with Crippen molar-refractivity contribution in [2.45, 2.75) is 38.1 Å². The molecular weight excluding hydrogens is 248 g/mol. The highest BCUT2D eigenvalue weighted by atomic mass is 16.5. The zero-order chi connectivity index (χ0) is 13.7. The Hall–Kier alpha value is -1.30. The number of rotatable bonds is 6. The summed E-state index contributed by atoms with van der Waals surface area (Å²) in [6.45, 7) is 2.10. The SMILES string of the molecule is O=C(O)CC(NC(=O)NCC1CCCOC1)C1CC1. The van der Waals surface area contributed by atoms with E-state index >= 15 is 0 Å². The van der Waals surface area contributed by atoms with Crippen LogP contribution >= 0.6 is 0 Å². The van der Waals surface area contributed by atoms with Crippen LogP contribution in [0, 0.1) is 11.8 Å². The van der Waals surface area contributed by atoms with Gasteiger partial charge in [-0.3, -0.25) is 4.79 Å². The Morgan fingerprint density at radius 1 is 1.32 bits per heavy atom. The van der Waals surface area contributed by atoms with Crippen molar-refractivity contribution in [3.8, 4) is 0 Å². The summed E-state index contributed by atoms with van der Waals surface area (Å²) in [6, 6.07) is -0.496. The highest BCUT2D eigenvalue weighted by molar-refractivity contribution is 5.75. The zero-order valence-corrected chi connectivity index (χ0v) is 11.1. The normalized spacial score (nSPS) is 24.5. The van der Waals surface area contributed by atoms with E-state index < -0.39 is 5.97 Å². The Morgan fingerprint density at radius 2 is 2.11 bits per heavy atom. The fraction of sp³-hybridized carbons (Fsp3) is 0.846. The highest BCUT2D eigenvalue weighted by Crippen LogP contribution is 2.33. The van der Waals surface area contributed by atoms with Crippen molar-refractivity contribution in [3.05, 3.63) is 0 Å². The quantitative estimate of drug-likeness (QED) is 0.671. The number of carbonyl (C=O) groups excluding carboxylic acids is 1. The summed E-state index contributed by atoms with van der Waals surface area (Å²) in [6.07, 6.45) is 4.13. The second-order valence-corrected chi connectivity index (χ2v) is 5.48. The largest absolute Gasteiger partial charge is 0.481 e. The average molecular weight is 270 g/mol. The minimum Gasteiger partial charge on any atom is -0.481 e. The van der Waals surface area contributed by atoms with E-state index in [0.717, 1.165) is 32.3 Å². The predicted molar refractivity (Wildman–Crippen MR) is 68.8 cm³/mol. The van der Waals surface area contributed by atoms with Crippen LogP contribution in [0.15, 0.2) is 0 Å². The van der Waals surface area contributed by atoms with Gasteiger partial charge in [-0.1, -0.05) is 0 Å². The lowest BCUT2D eigenvalue weighted by atomic mass is 10.0. The molecule has 2 atom stereocenters. The van der Waals surface area contributed by atoms with Crippen molar-refractivity contribution in [1.82, 2.24) is 10.6 Å². The standard InChI is InChI=1S/C13H22N2O4/c16-12(17)6-11(10-3-4-10)15-13(18)14-7-9-2-1-5-19-8-9/h9-11H,1-8H2,(H,16,17)(H2,14,15,18). The van der Waals surface area contributed by atoms with Gasteiger partial charge in [0, 0.05) is 19.2 Å². The van der Waals surface area contributed by atoms with Crippen molar-refractivity contribution < 1.29 is 19.4 Å². The Balaban J connectivity index is 1.68. The molecule has 0 aromatic carbocycles. The van der Waals surface area contributed by atoms with Crippen LogP contribution in [0.3, 0.4) is 0 Å². The maximum Gasteiger partial charge on any atom is 0.315 e. The number of aliphatic carboxylic acids is 1. The van der Waals surface area contributed by atoms with E-state index in [1.165, 1.54) is 0 Å². The first-order valence-corrected chi connectivity index (χ1v) is 6.99. The summed E-state index contributed by atoms with van der Waals surface area (Å²) in [5.41, 5.74) is 0. The van der Waals surface area contributed by atoms with Gasteiger partial charge < -0.3 is 20.5 Å². The molecule has 1 heterocycles. The van der Waals surface area contributed by atoms with Gasteiger partial charge in [-0.25, -0.2) is 4.79 Å². The number of nitrogens with one attached hydrogen (secondary N) is 2. The maximum atomic E-state index is 11.8. The lowest BCUT2D eigenvalue weighted by Crippen LogP contribution is -2.46. The molecule has 3 N–H and O–H groups in total. The van der Waals surface area contributed by atoms with Crippen LogP contribution in [0.4, 0.5) is 4.79 Å². The number of carboxylic acids is 1. The smallest absolute Gasteiger partial charge is 0.315 e. The molecule has 0 radical (unpaired) electrons. The van der Waals surface area contributed by atoms with E-state index in [1.54, 1.807) is 0 Å². The Kier molecular flexibility index (Phi) is 5.01. The molecule has 2 aliphatic rings. The molecular formula is C13H22N2O4. The number of urea groups is 1. The van der Waals surface area contributed by atoms with Crippen molar-refractivity contribution in [1.29, 1.82) is 0 Å². The second-order valence-electron chi connectivity index (χ2n) is 5.48. The number of amides is 2. The molecule has 1 saturated heterocycles. The summed E-state index contributed by atoms with van der Waals surface area (Å²) >= 11 is 0. The predicted octanol–water partition coefficient (Wildman–Crippen LogP) is 0.965. The molecule has 0 spiro atoms. The number of carboxylic acid groups (broad SMARTS) is 1. The zero-order valence-electron chi connectivity index (χ0n) is 11.1. The molecule has 0 bridgehead atoms.